The van der Waals surface area contributed by atoms with E-state index in [1.54, 1.807) is 7.11 Å². The van der Waals surface area contributed by atoms with Gasteiger partial charge in [0.2, 0.25) is 0 Å². The smallest absolute Gasteiger partial charge is 0.0850 e. The molecule has 0 bridgehead atoms. The highest BCUT2D eigenvalue weighted by Gasteiger charge is 2.18. The van der Waals surface area contributed by atoms with Crippen molar-refractivity contribution in [3.05, 3.63) is 16.4 Å². The minimum Gasteiger partial charge on any atom is -0.393 e. The average Bonchev–Trinajstić information content (AvgIpc) is 2.66. The molecule has 1 rings (SSSR count). The summed E-state index contributed by atoms with van der Waals surface area (Å²) in [5.74, 6) is 0. The molecule has 0 spiro atoms. The summed E-state index contributed by atoms with van der Waals surface area (Å²) in [5.41, 5.74) is 1.83. The number of aliphatic hydroxyl groups is 1. The van der Waals surface area contributed by atoms with Crippen molar-refractivity contribution in [3.63, 3.8) is 0 Å². The Morgan fingerprint density at radius 3 is 2.61 bits per heavy atom. The fraction of sp³-hybridized carbons (Fsp3) is 0.769. The predicted octanol–water partition coefficient (Wildman–Crippen LogP) is 2.45. The highest BCUT2D eigenvalue weighted by Crippen LogP contribution is 2.23. The first-order chi connectivity index (χ1) is 8.53. The Morgan fingerprint density at radius 1 is 1.44 bits per heavy atom. The van der Waals surface area contributed by atoms with Gasteiger partial charge in [0.1, 0.15) is 0 Å². The van der Waals surface area contributed by atoms with E-state index in [0.717, 1.165) is 24.4 Å². The Labute approximate surface area is 114 Å². The first-order valence-electron chi connectivity index (χ1n) is 6.48. The molecule has 5 heteroatoms. The van der Waals surface area contributed by atoms with Crippen molar-refractivity contribution in [1.82, 2.24) is 9.78 Å². The van der Waals surface area contributed by atoms with E-state index < -0.39 is 6.10 Å². The number of aliphatic hydroxyl groups excluding tert-OH is 1. The maximum Gasteiger partial charge on any atom is 0.0850 e. The number of methoxy groups -OCH3 is 1. The minimum absolute atomic E-state index is 0.0439. The van der Waals surface area contributed by atoms with E-state index in [2.05, 4.69) is 5.10 Å². The Kier molecular flexibility index (Phi) is 6.12. The molecule has 2 atom stereocenters. The van der Waals surface area contributed by atoms with E-state index in [4.69, 9.17) is 16.3 Å². The highest BCUT2D eigenvalue weighted by atomic mass is 35.5. The van der Waals surface area contributed by atoms with Gasteiger partial charge in [0, 0.05) is 20.1 Å². The van der Waals surface area contributed by atoms with E-state index in [1.165, 1.54) is 0 Å². The van der Waals surface area contributed by atoms with Crippen molar-refractivity contribution in [2.24, 2.45) is 0 Å². The molecule has 0 fully saturated rings. The van der Waals surface area contributed by atoms with Gasteiger partial charge in [-0.25, -0.2) is 0 Å². The van der Waals surface area contributed by atoms with Gasteiger partial charge >= 0.3 is 0 Å². The average molecular weight is 275 g/mol. The van der Waals surface area contributed by atoms with Crippen LogP contribution in [-0.2, 0) is 24.1 Å². The number of aryl methyl sites for hydroxylation is 2. The molecule has 104 valence electrons. The van der Waals surface area contributed by atoms with Crippen LogP contribution in [0.3, 0.4) is 0 Å². The summed E-state index contributed by atoms with van der Waals surface area (Å²) < 4.78 is 7.03. The van der Waals surface area contributed by atoms with Crippen molar-refractivity contribution in [3.8, 4) is 0 Å². The second kappa shape index (κ2) is 7.12. The van der Waals surface area contributed by atoms with Crippen molar-refractivity contribution >= 4 is 11.6 Å². The van der Waals surface area contributed by atoms with E-state index in [-0.39, 0.29) is 6.10 Å². The van der Waals surface area contributed by atoms with Crippen LogP contribution in [0.5, 0.6) is 0 Å². The van der Waals surface area contributed by atoms with Gasteiger partial charge in [-0.2, -0.15) is 5.10 Å². The molecule has 1 N–H and O–H groups in total. The lowest BCUT2D eigenvalue weighted by Gasteiger charge is -2.15. The van der Waals surface area contributed by atoms with Crippen LogP contribution in [0.2, 0.25) is 5.02 Å². The number of hydrogen-bond donors (Lipinski definition) is 1. The van der Waals surface area contributed by atoms with Gasteiger partial charge in [-0.1, -0.05) is 18.5 Å². The van der Waals surface area contributed by atoms with Crippen LogP contribution in [0.4, 0.5) is 0 Å². The highest BCUT2D eigenvalue weighted by molar-refractivity contribution is 6.31. The third-order valence-electron chi connectivity index (χ3n) is 3.13. The molecule has 18 heavy (non-hydrogen) atoms. The molecule has 4 nitrogen and oxygen atoms in total. The van der Waals surface area contributed by atoms with Gasteiger partial charge in [-0.05, 0) is 26.7 Å². The zero-order valence-corrected chi connectivity index (χ0v) is 12.4. The SMILES string of the molecule is CCc1nn(CC)c(CC(O)CC(C)OC)c1Cl. The van der Waals surface area contributed by atoms with E-state index in [0.29, 0.717) is 17.9 Å². The zero-order valence-electron chi connectivity index (χ0n) is 11.6. The zero-order chi connectivity index (χ0) is 13.7. The van der Waals surface area contributed by atoms with Gasteiger partial charge in [-0.15, -0.1) is 0 Å². The molecule has 0 aliphatic rings. The molecule has 0 amide bonds. The lowest BCUT2D eigenvalue weighted by molar-refractivity contribution is 0.0558. The summed E-state index contributed by atoms with van der Waals surface area (Å²) in [5, 5.41) is 15.2. The molecule has 0 aliphatic carbocycles. The van der Waals surface area contributed by atoms with Crippen molar-refractivity contribution < 1.29 is 9.84 Å². The van der Waals surface area contributed by atoms with Crippen LogP contribution < -0.4 is 0 Å². The minimum atomic E-state index is -0.454. The molecular weight excluding hydrogens is 252 g/mol. The quantitative estimate of drug-likeness (QED) is 0.831. The molecule has 0 saturated carbocycles. The van der Waals surface area contributed by atoms with Gasteiger partial charge < -0.3 is 9.84 Å². The number of rotatable bonds is 7. The molecule has 0 aromatic carbocycles. The normalized spacial score (nSPS) is 14.8. The summed E-state index contributed by atoms with van der Waals surface area (Å²) in [6.45, 7) is 6.76. The summed E-state index contributed by atoms with van der Waals surface area (Å²) in [7, 11) is 1.65. The van der Waals surface area contributed by atoms with E-state index in [9.17, 15) is 5.11 Å². The molecule has 0 saturated heterocycles. The Balaban J connectivity index is 2.79. The maximum atomic E-state index is 10.1. The third kappa shape index (κ3) is 3.70. The second-order valence-electron chi connectivity index (χ2n) is 4.52. The summed E-state index contributed by atoms with van der Waals surface area (Å²) >= 11 is 6.30. The van der Waals surface area contributed by atoms with Crippen LogP contribution >= 0.6 is 11.6 Å². The Morgan fingerprint density at radius 2 is 2.11 bits per heavy atom. The third-order valence-corrected chi connectivity index (χ3v) is 3.57. The van der Waals surface area contributed by atoms with Crippen LogP contribution in [0.1, 0.15) is 38.6 Å². The topological polar surface area (TPSA) is 47.3 Å². The monoisotopic (exact) mass is 274 g/mol. The maximum absolute atomic E-state index is 10.1. The first-order valence-corrected chi connectivity index (χ1v) is 6.86. The molecule has 1 aromatic rings. The predicted molar refractivity (Wildman–Crippen MR) is 73.1 cm³/mol. The molecule has 0 radical (unpaired) electrons. The fourth-order valence-electron chi connectivity index (χ4n) is 2.00. The largest absolute Gasteiger partial charge is 0.393 e. The molecule has 0 aliphatic heterocycles. The van der Waals surface area contributed by atoms with Gasteiger partial charge in [-0.3, -0.25) is 4.68 Å². The molecule has 1 aromatic heterocycles. The number of hydrogen-bond acceptors (Lipinski definition) is 3. The standard InChI is InChI=1S/C13H23ClN2O2/c1-5-11-13(14)12(16(6-2)15-11)8-10(17)7-9(3)18-4/h9-10,17H,5-8H2,1-4H3. The Bertz CT molecular complexity index is 379. The summed E-state index contributed by atoms with van der Waals surface area (Å²) in [6.07, 6.45) is 1.52. The van der Waals surface area contributed by atoms with Crippen molar-refractivity contribution in [2.75, 3.05) is 7.11 Å². The number of aromatic nitrogens is 2. The van der Waals surface area contributed by atoms with Crippen molar-refractivity contribution in [2.45, 2.75) is 58.8 Å². The lowest BCUT2D eigenvalue weighted by atomic mass is 10.1. The van der Waals surface area contributed by atoms with Crippen LogP contribution in [0, 0.1) is 0 Å². The second-order valence-corrected chi connectivity index (χ2v) is 4.89. The van der Waals surface area contributed by atoms with Crippen LogP contribution in [0.15, 0.2) is 0 Å². The van der Waals surface area contributed by atoms with Crippen LogP contribution in [-0.4, -0.2) is 34.2 Å². The first kappa shape index (κ1) is 15.5. The Hall–Kier alpha value is -0.580. The van der Waals surface area contributed by atoms with Gasteiger partial charge in [0.15, 0.2) is 0 Å². The van der Waals surface area contributed by atoms with E-state index >= 15 is 0 Å². The van der Waals surface area contributed by atoms with Crippen LogP contribution in [0.25, 0.3) is 0 Å². The number of halogens is 1. The molecular formula is C13H23ClN2O2. The number of ether oxygens (including phenoxy) is 1. The summed E-state index contributed by atoms with van der Waals surface area (Å²) in [4.78, 5) is 0. The van der Waals surface area contributed by atoms with Gasteiger partial charge in [0.05, 0.1) is 28.6 Å². The van der Waals surface area contributed by atoms with E-state index in [1.807, 2.05) is 25.5 Å². The molecule has 1 heterocycles. The fourth-order valence-corrected chi connectivity index (χ4v) is 2.34. The van der Waals surface area contributed by atoms with Gasteiger partial charge in [0.25, 0.3) is 0 Å². The molecule has 2 unspecified atom stereocenters. The number of nitrogens with zero attached hydrogens (tertiary/aromatic N) is 2. The van der Waals surface area contributed by atoms with Crippen molar-refractivity contribution in [1.29, 1.82) is 0 Å². The summed E-state index contributed by atoms with van der Waals surface area (Å²) in [6, 6.07) is 0. The lowest BCUT2D eigenvalue weighted by Crippen LogP contribution is -2.20.